The van der Waals surface area contributed by atoms with E-state index < -0.39 is 0 Å². The van der Waals surface area contributed by atoms with Crippen LogP contribution in [0.1, 0.15) is 5.56 Å². The highest BCUT2D eigenvalue weighted by Gasteiger charge is 2.15. The molecule has 2 N–H and O–H groups in total. The number of benzene rings is 1. The third-order valence-electron chi connectivity index (χ3n) is 2.55. The van der Waals surface area contributed by atoms with Crippen LogP contribution in [0.4, 0.5) is 0 Å². The zero-order valence-electron chi connectivity index (χ0n) is 10.4. The van der Waals surface area contributed by atoms with Gasteiger partial charge in [0.05, 0.1) is 12.6 Å². The van der Waals surface area contributed by atoms with Crippen LogP contribution in [0, 0.1) is 0 Å². The molecule has 17 heavy (non-hydrogen) atoms. The fraction of sp³-hybridized carbons (Fsp3) is 0.462. The Balaban J connectivity index is 2.45. The lowest BCUT2D eigenvalue weighted by atomic mass is 10.1. The summed E-state index contributed by atoms with van der Waals surface area (Å²) in [7, 11) is 3.41. The molecule has 0 aliphatic carbocycles. The summed E-state index contributed by atoms with van der Waals surface area (Å²) in [6.07, 6.45) is 0.691. The lowest BCUT2D eigenvalue weighted by Crippen LogP contribution is -2.44. The van der Waals surface area contributed by atoms with Crippen molar-refractivity contribution in [2.24, 2.45) is 0 Å². The molecule has 4 heteroatoms. The van der Waals surface area contributed by atoms with E-state index in [1.807, 2.05) is 30.3 Å². The van der Waals surface area contributed by atoms with Gasteiger partial charge in [0.2, 0.25) is 5.91 Å². The van der Waals surface area contributed by atoms with Crippen LogP contribution in [0.5, 0.6) is 0 Å². The van der Waals surface area contributed by atoms with E-state index in [0.717, 1.165) is 5.56 Å². The molecule has 1 rings (SSSR count). The predicted molar refractivity (Wildman–Crippen MR) is 67.9 cm³/mol. The van der Waals surface area contributed by atoms with Gasteiger partial charge in [0, 0.05) is 13.7 Å². The zero-order valence-corrected chi connectivity index (χ0v) is 10.4. The van der Waals surface area contributed by atoms with E-state index in [4.69, 9.17) is 4.74 Å². The van der Waals surface area contributed by atoms with E-state index in [-0.39, 0.29) is 11.9 Å². The minimum absolute atomic E-state index is 0.00778. The maximum atomic E-state index is 11.8. The number of methoxy groups -OCH3 is 1. The molecule has 0 aromatic heterocycles. The molecule has 1 amide bonds. The van der Waals surface area contributed by atoms with Gasteiger partial charge in [0.1, 0.15) is 0 Å². The SMILES string of the molecule is CNC(Cc1ccccc1)C(=O)NCCOC. The summed E-state index contributed by atoms with van der Waals surface area (Å²) in [6.45, 7) is 1.08. The summed E-state index contributed by atoms with van der Waals surface area (Å²) < 4.78 is 4.89. The maximum absolute atomic E-state index is 11.8. The number of carbonyl (C=O) groups is 1. The molecule has 0 aliphatic heterocycles. The first kappa shape index (κ1) is 13.7. The number of amides is 1. The molecule has 0 saturated carbocycles. The van der Waals surface area contributed by atoms with E-state index >= 15 is 0 Å². The number of ether oxygens (including phenoxy) is 1. The second-order valence-corrected chi connectivity index (χ2v) is 3.81. The Bertz CT molecular complexity index is 327. The summed E-state index contributed by atoms with van der Waals surface area (Å²) in [5.74, 6) is 0.00778. The van der Waals surface area contributed by atoms with Crippen LogP contribution >= 0.6 is 0 Å². The summed E-state index contributed by atoms with van der Waals surface area (Å²) >= 11 is 0. The molecule has 0 spiro atoms. The Hall–Kier alpha value is -1.39. The minimum atomic E-state index is -0.200. The van der Waals surface area contributed by atoms with Crippen molar-refractivity contribution in [2.75, 3.05) is 27.3 Å². The average molecular weight is 236 g/mol. The normalized spacial score (nSPS) is 12.1. The van der Waals surface area contributed by atoms with Gasteiger partial charge >= 0.3 is 0 Å². The lowest BCUT2D eigenvalue weighted by Gasteiger charge is -2.15. The van der Waals surface area contributed by atoms with E-state index in [1.165, 1.54) is 0 Å². The maximum Gasteiger partial charge on any atom is 0.237 e. The predicted octanol–water partition coefficient (Wildman–Crippen LogP) is 0.580. The van der Waals surface area contributed by atoms with Crippen LogP contribution in [0.2, 0.25) is 0 Å². The smallest absolute Gasteiger partial charge is 0.237 e. The number of carbonyl (C=O) groups excluding carboxylic acids is 1. The molecule has 1 aromatic carbocycles. The summed E-state index contributed by atoms with van der Waals surface area (Å²) in [4.78, 5) is 11.8. The van der Waals surface area contributed by atoms with E-state index in [0.29, 0.717) is 19.6 Å². The van der Waals surface area contributed by atoms with Gasteiger partial charge in [-0.25, -0.2) is 0 Å². The Morgan fingerprint density at radius 1 is 1.35 bits per heavy atom. The highest BCUT2D eigenvalue weighted by molar-refractivity contribution is 5.82. The molecule has 0 saturated heterocycles. The number of rotatable bonds is 7. The molecule has 94 valence electrons. The average Bonchev–Trinajstić information content (AvgIpc) is 2.37. The first-order valence-corrected chi connectivity index (χ1v) is 5.75. The fourth-order valence-corrected chi connectivity index (χ4v) is 1.58. The molecule has 4 nitrogen and oxygen atoms in total. The molecule has 0 aliphatic rings. The van der Waals surface area contributed by atoms with Gasteiger partial charge in [0.15, 0.2) is 0 Å². The van der Waals surface area contributed by atoms with Crippen LogP contribution in [-0.4, -0.2) is 39.3 Å². The molecule has 0 heterocycles. The Morgan fingerprint density at radius 3 is 2.65 bits per heavy atom. The standard InChI is InChI=1S/C13H20N2O2/c1-14-12(13(16)15-8-9-17-2)10-11-6-4-3-5-7-11/h3-7,12,14H,8-10H2,1-2H3,(H,15,16). The Kier molecular flexibility index (Phi) is 6.29. The van der Waals surface area contributed by atoms with E-state index in [2.05, 4.69) is 10.6 Å². The summed E-state index contributed by atoms with van der Waals surface area (Å²) in [6, 6.07) is 9.76. The number of hydrogen-bond donors (Lipinski definition) is 2. The third-order valence-corrected chi connectivity index (χ3v) is 2.55. The molecule has 0 fully saturated rings. The highest BCUT2D eigenvalue weighted by atomic mass is 16.5. The van der Waals surface area contributed by atoms with Crippen LogP contribution in [0.25, 0.3) is 0 Å². The molecule has 1 aromatic rings. The van der Waals surface area contributed by atoms with Crippen LogP contribution in [0.15, 0.2) is 30.3 Å². The quantitative estimate of drug-likeness (QED) is 0.681. The first-order valence-electron chi connectivity index (χ1n) is 5.75. The monoisotopic (exact) mass is 236 g/mol. The van der Waals surface area contributed by atoms with Crippen molar-refractivity contribution in [3.63, 3.8) is 0 Å². The molecule has 1 unspecified atom stereocenters. The largest absolute Gasteiger partial charge is 0.383 e. The van der Waals surface area contributed by atoms with Crippen LogP contribution < -0.4 is 10.6 Å². The molecule has 0 bridgehead atoms. The van der Waals surface area contributed by atoms with Crippen molar-refractivity contribution in [3.05, 3.63) is 35.9 Å². The van der Waals surface area contributed by atoms with Crippen LogP contribution in [-0.2, 0) is 16.0 Å². The van der Waals surface area contributed by atoms with Gasteiger partial charge in [0.25, 0.3) is 0 Å². The molecular weight excluding hydrogens is 216 g/mol. The fourth-order valence-electron chi connectivity index (χ4n) is 1.58. The van der Waals surface area contributed by atoms with Crippen molar-refractivity contribution >= 4 is 5.91 Å². The Morgan fingerprint density at radius 2 is 2.06 bits per heavy atom. The van der Waals surface area contributed by atoms with Gasteiger partial charge in [-0.3, -0.25) is 4.79 Å². The van der Waals surface area contributed by atoms with E-state index in [1.54, 1.807) is 14.2 Å². The molecule has 0 radical (unpaired) electrons. The second kappa shape index (κ2) is 7.81. The third kappa shape index (κ3) is 4.97. The van der Waals surface area contributed by atoms with Gasteiger partial charge in [-0.1, -0.05) is 30.3 Å². The highest BCUT2D eigenvalue weighted by Crippen LogP contribution is 2.02. The van der Waals surface area contributed by atoms with Crippen LogP contribution in [0.3, 0.4) is 0 Å². The Labute approximate surface area is 102 Å². The number of likely N-dealkylation sites (N-methyl/N-ethyl adjacent to an activating group) is 1. The summed E-state index contributed by atoms with van der Waals surface area (Å²) in [5, 5.41) is 5.85. The van der Waals surface area contributed by atoms with Gasteiger partial charge in [-0.15, -0.1) is 0 Å². The first-order chi connectivity index (χ1) is 8.27. The lowest BCUT2D eigenvalue weighted by molar-refractivity contribution is -0.123. The molecule has 1 atom stereocenters. The number of hydrogen-bond acceptors (Lipinski definition) is 3. The van der Waals surface area contributed by atoms with Crippen molar-refractivity contribution in [1.82, 2.24) is 10.6 Å². The van der Waals surface area contributed by atoms with Gasteiger partial charge in [-0.2, -0.15) is 0 Å². The van der Waals surface area contributed by atoms with Crippen molar-refractivity contribution in [1.29, 1.82) is 0 Å². The van der Waals surface area contributed by atoms with Crippen molar-refractivity contribution in [2.45, 2.75) is 12.5 Å². The summed E-state index contributed by atoms with van der Waals surface area (Å²) in [5.41, 5.74) is 1.15. The van der Waals surface area contributed by atoms with Gasteiger partial charge in [-0.05, 0) is 19.0 Å². The zero-order chi connectivity index (χ0) is 12.5. The van der Waals surface area contributed by atoms with Gasteiger partial charge < -0.3 is 15.4 Å². The van der Waals surface area contributed by atoms with E-state index in [9.17, 15) is 4.79 Å². The number of nitrogens with one attached hydrogen (secondary N) is 2. The van der Waals surface area contributed by atoms with Crippen molar-refractivity contribution in [3.8, 4) is 0 Å². The molecular formula is C13H20N2O2. The second-order valence-electron chi connectivity index (χ2n) is 3.81. The minimum Gasteiger partial charge on any atom is -0.383 e. The van der Waals surface area contributed by atoms with Crippen molar-refractivity contribution < 1.29 is 9.53 Å². The topological polar surface area (TPSA) is 50.4 Å².